The summed E-state index contributed by atoms with van der Waals surface area (Å²) < 4.78 is 2.21. The first-order valence-electron chi connectivity index (χ1n) is 5.43. The van der Waals surface area contributed by atoms with Crippen molar-refractivity contribution in [3.8, 4) is 0 Å². The molecule has 0 bridgehead atoms. The molecule has 0 amide bonds. The molecule has 2 heterocycles. The van der Waals surface area contributed by atoms with Gasteiger partial charge in [0, 0.05) is 12.2 Å². The molecule has 0 spiro atoms. The molecule has 1 aromatic heterocycles. The summed E-state index contributed by atoms with van der Waals surface area (Å²) in [6.45, 7) is 8.65. The van der Waals surface area contributed by atoms with Gasteiger partial charge >= 0.3 is 0 Å². The van der Waals surface area contributed by atoms with Crippen LogP contribution in [0.2, 0.25) is 0 Å². The van der Waals surface area contributed by atoms with E-state index in [-0.39, 0.29) is 0 Å². The molecule has 3 nitrogen and oxygen atoms in total. The van der Waals surface area contributed by atoms with E-state index in [0.29, 0.717) is 6.04 Å². The summed E-state index contributed by atoms with van der Waals surface area (Å²) in [6, 6.07) is 0.566. The summed E-state index contributed by atoms with van der Waals surface area (Å²) >= 11 is 0. The van der Waals surface area contributed by atoms with E-state index in [0.717, 1.165) is 13.1 Å². The fourth-order valence-corrected chi connectivity index (χ4v) is 2.14. The maximum Gasteiger partial charge on any atom is 0.0647 e. The number of nitrogens with one attached hydrogen (secondary N) is 1. The molecule has 14 heavy (non-hydrogen) atoms. The number of piperidine rings is 1. The van der Waals surface area contributed by atoms with E-state index in [1.54, 1.807) is 0 Å². The molecule has 0 aromatic carbocycles. The van der Waals surface area contributed by atoms with E-state index < -0.39 is 0 Å². The van der Waals surface area contributed by atoms with Crippen LogP contribution in [0.1, 0.15) is 35.8 Å². The monoisotopic (exact) mass is 193 g/mol. The van der Waals surface area contributed by atoms with Gasteiger partial charge in [-0.15, -0.1) is 0 Å². The average molecular weight is 193 g/mol. The number of hydrogen-bond donors (Lipinski definition) is 1. The first-order chi connectivity index (χ1) is 6.70. The van der Waals surface area contributed by atoms with Crippen LogP contribution >= 0.6 is 0 Å². The van der Waals surface area contributed by atoms with E-state index in [1.165, 1.54) is 29.8 Å². The topological polar surface area (TPSA) is 29.9 Å². The lowest BCUT2D eigenvalue weighted by Crippen LogP contribution is -2.32. The Kier molecular flexibility index (Phi) is 2.59. The van der Waals surface area contributed by atoms with Gasteiger partial charge in [-0.25, -0.2) is 0 Å². The van der Waals surface area contributed by atoms with Gasteiger partial charge in [0.15, 0.2) is 0 Å². The third-order valence-corrected chi connectivity index (χ3v) is 3.30. The Balaban J connectivity index is 2.26. The van der Waals surface area contributed by atoms with Gasteiger partial charge < -0.3 is 5.32 Å². The molecule has 0 saturated carbocycles. The SMILES string of the molecule is Cc1nn(C2CCCNC2)c(C)c1C. The Morgan fingerprint density at radius 1 is 1.36 bits per heavy atom. The molecule has 1 aliphatic heterocycles. The minimum Gasteiger partial charge on any atom is -0.315 e. The van der Waals surface area contributed by atoms with E-state index >= 15 is 0 Å². The Hall–Kier alpha value is -0.830. The molecule has 1 aliphatic rings. The van der Waals surface area contributed by atoms with Crippen molar-refractivity contribution in [2.45, 2.75) is 39.7 Å². The fraction of sp³-hybridized carbons (Fsp3) is 0.727. The number of rotatable bonds is 1. The molecule has 1 atom stereocenters. The van der Waals surface area contributed by atoms with Crippen molar-refractivity contribution in [3.63, 3.8) is 0 Å². The molecular weight excluding hydrogens is 174 g/mol. The zero-order valence-corrected chi connectivity index (χ0v) is 9.30. The lowest BCUT2D eigenvalue weighted by molar-refractivity contribution is 0.341. The Labute approximate surface area is 85.5 Å². The van der Waals surface area contributed by atoms with Crippen LogP contribution < -0.4 is 5.32 Å². The van der Waals surface area contributed by atoms with E-state index in [4.69, 9.17) is 0 Å². The zero-order chi connectivity index (χ0) is 10.1. The quantitative estimate of drug-likeness (QED) is 0.736. The van der Waals surface area contributed by atoms with Crippen LogP contribution in [0.4, 0.5) is 0 Å². The van der Waals surface area contributed by atoms with Gasteiger partial charge in [0.2, 0.25) is 0 Å². The van der Waals surface area contributed by atoms with E-state index in [1.807, 2.05) is 0 Å². The second-order valence-corrected chi connectivity index (χ2v) is 4.24. The standard InChI is InChI=1S/C11H19N3/c1-8-9(2)13-14(10(8)3)11-5-4-6-12-7-11/h11-12H,4-7H2,1-3H3. The third-order valence-electron chi connectivity index (χ3n) is 3.30. The van der Waals surface area contributed by atoms with Crippen LogP contribution in [0.25, 0.3) is 0 Å². The first kappa shape index (κ1) is 9.71. The van der Waals surface area contributed by atoms with Crippen molar-refractivity contribution in [1.29, 1.82) is 0 Å². The summed E-state index contributed by atoms with van der Waals surface area (Å²) in [5.74, 6) is 0. The predicted molar refractivity (Wildman–Crippen MR) is 57.6 cm³/mol. The van der Waals surface area contributed by atoms with Gasteiger partial charge in [-0.3, -0.25) is 4.68 Å². The molecule has 1 fully saturated rings. The lowest BCUT2D eigenvalue weighted by atomic mass is 10.1. The molecule has 2 rings (SSSR count). The molecule has 1 aromatic rings. The Bertz CT molecular complexity index is 322. The van der Waals surface area contributed by atoms with Crippen LogP contribution in [0.3, 0.4) is 0 Å². The minimum absolute atomic E-state index is 0.566. The molecule has 1 N–H and O–H groups in total. The maximum absolute atomic E-state index is 4.61. The Morgan fingerprint density at radius 2 is 2.14 bits per heavy atom. The van der Waals surface area contributed by atoms with Crippen molar-refractivity contribution in [2.24, 2.45) is 0 Å². The van der Waals surface area contributed by atoms with Gasteiger partial charge in [0.05, 0.1) is 11.7 Å². The highest BCUT2D eigenvalue weighted by Crippen LogP contribution is 2.21. The minimum atomic E-state index is 0.566. The number of hydrogen-bond acceptors (Lipinski definition) is 2. The van der Waals surface area contributed by atoms with Crippen LogP contribution in [-0.2, 0) is 0 Å². The highest BCUT2D eigenvalue weighted by molar-refractivity contribution is 5.22. The summed E-state index contributed by atoms with van der Waals surface area (Å²) in [5.41, 5.74) is 3.85. The number of nitrogens with zero attached hydrogens (tertiary/aromatic N) is 2. The van der Waals surface area contributed by atoms with Gasteiger partial charge in [0.1, 0.15) is 0 Å². The average Bonchev–Trinajstić information content (AvgIpc) is 2.47. The fourth-order valence-electron chi connectivity index (χ4n) is 2.14. The van der Waals surface area contributed by atoms with Gasteiger partial charge in [-0.2, -0.15) is 5.10 Å². The molecule has 3 heteroatoms. The second-order valence-electron chi connectivity index (χ2n) is 4.24. The van der Waals surface area contributed by atoms with Gasteiger partial charge in [-0.1, -0.05) is 0 Å². The summed E-state index contributed by atoms with van der Waals surface area (Å²) in [6.07, 6.45) is 2.52. The van der Waals surface area contributed by atoms with Crippen LogP contribution in [0.5, 0.6) is 0 Å². The molecule has 1 saturated heterocycles. The van der Waals surface area contributed by atoms with E-state index in [2.05, 4.69) is 35.9 Å². The predicted octanol–water partition coefficient (Wildman–Crippen LogP) is 1.73. The van der Waals surface area contributed by atoms with Crippen molar-refractivity contribution in [2.75, 3.05) is 13.1 Å². The number of aromatic nitrogens is 2. The largest absolute Gasteiger partial charge is 0.315 e. The Morgan fingerprint density at radius 3 is 2.64 bits per heavy atom. The van der Waals surface area contributed by atoms with Crippen molar-refractivity contribution in [1.82, 2.24) is 15.1 Å². The van der Waals surface area contributed by atoms with Gasteiger partial charge in [-0.05, 0) is 45.7 Å². The van der Waals surface area contributed by atoms with Crippen LogP contribution in [-0.4, -0.2) is 22.9 Å². The molecule has 78 valence electrons. The van der Waals surface area contributed by atoms with Crippen LogP contribution in [0.15, 0.2) is 0 Å². The highest BCUT2D eigenvalue weighted by atomic mass is 15.3. The molecular formula is C11H19N3. The second kappa shape index (κ2) is 3.73. The van der Waals surface area contributed by atoms with E-state index in [9.17, 15) is 0 Å². The van der Waals surface area contributed by atoms with Crippen molar-refractivity contribution < 1.29 is 0 Å². The summed E-state index contributed by atoms with van der Waals surface area (Å²) in [5, 5.41) is 8.04. The zero-order valence-electron chi connectivity index (χ0n) is 9.30. The maximum atomic E-state index is 4.61. The van der Waals surface area contributed by atoms with Gasteiger partial charge in [0.25, 0.3) is 0 Å². The third kappa shape index (κ3) is 1.57. The lowest BCUT2D eigenvalue weighted by Gasteiger charge is -2.24. The van der Waals surface area contributed by atoms with Crippen LogP contribution in [0, 0.1) is 20.8 Å². The first-order valence-corrected chi connectivity index (χ1v) is 5.43. The van der Waals surface area contributed by atoms with Crippen molar-refractivity contribution in [3.05, 3.63) is 17.0 Å². The number of aryl methyl sites for hydroxylation is 1. The molecule has 0 radical (unpaired) electrons. The van der Waals surface area contributed by atoms with Crippen molar-refractivity contribution >= 4 is 0 Å². The smallest absolute Gasteiger partial charge is 0.0647 e. The summed E-state index contributed by atoms with van der Waals surface area (Å²) in [4.78, 5) is 0. The molecule has 1 unspecified atom stereocenters. The normalized spacial score (nSPS) is 22.6. The molecule has 0 aliphatic carbocycles. The highest BCUT2D eigenvalue weighted by Gasteiger charge is 2.18. The summed E-state index contributed by atoms with van der Waals surface area (Å²) in [7, 11) is 0.